The van der Waals surface area contributed by atoms with Crippen molar-refractivity contribution in [2.24, 2.45) is 0 Å². The SMILES string of the molecule is CCOC(=O)C(CCSC(C)C)NC1CC1. The highest BCUT2D eigenvalue weighted by atomic mass is 32.2. The van der Waals surface area contributed by atoms with Gasteiger partial charge in [-0.2, -0.15) is 11.8 Å². The van der Waals surface area contributed by atoms with Crippen LogP contribution in [0.2, 0.25) is 0 Å². The predicted molar refractivity (Wildman–Crippen MR) is 68.8 cm³/mol. The van der Waals surface area contributed by atoms with E-state index in [0.717, 1.165) is 12.2 Å². The minimum atomic E-state index is -0.0984. The summed E-state index contributed by atoms with van der Waals surface area (Å²) < 4.78 is 5.08. The van der Waals surface area contributed by atoms with Gasteiger partial charge in [-0.05, 0) is 37.2 Å². The van der Waals surface area contributed by atoms with Crippen LogP contribution in [0, 0.1) is 0 Å². The molecular formula is C12H23NO2S. The molecule has 16 heavy (non-hydrogen) atoms. The number of carbonyl (C=O) groups excluding carboxylic acids is 1. The second kappa shape index (κ2) is 7.17. The number of thioether (sulfide) groups is 1. The lowest BCUT2D eigenvalue weighted by atomic mass is 10.2. The molecule has 94 valence electrons. The smallest absolute Gasteiger partial charge is 0.323 e. The Labute approximate surface area is 103 Å². The summed E-state index contributed by atoms with van der Waals surface area (Å²) in [7, 11) is 0. The first kappa shape index (κ1) is 13.8. The first-order valence-corrected chi connectivity index (χ1v) is 7.22. The molecule has 1 fully saturated rings. The van der Waals surface area contributed by atoms with Gasteiger partial charge in [-0.3, -0.25) is 4.79 Å². The van der Waals surface area contributed by atoms with Crippen LogP contribution in [0.3, 0.4) is 0 Å². The van der Waals surface area contributed by atoms with Crippen LogP contribution >= 0.6 is 11.8 Å². The molecular weight excluding hydrogens is 222 g/mol. The molecule has 0 saturated heterocycles. The van der Waals surface area contributed by atoms with Crippen molar-refractivity contribution >= 4 is 17.7 Å². The molecule has 1 atom stereocenters. The van der Waals surface area contributed by atoms with E-state index in [1.54, 1.807) is 0 Å². The van der Waals surface area contributed by atoms with E-state index in [9.17, 15) is 4.79 Å². The average Bonchev–Trinajstić information content (AvgIpc) is 3.00. The van der Waals surface area contributed by atoms with Crippen LogP contribution in [0.15, 0.2) is 0 Å². The molecule has 1 unspecified atom stereocenters. The summed E-state index contributed by atoms with van der Waals surface area (Å²) in [6, 6.07) is 0.456. The molecule has 0 amide bonds. The molecule has 0 aromatic carbocycles. The Balaban J connectivity index is 2.27. The highest BCUT2D eigenvalue weighted by Gasteiger charge is 2.28. The largest absolute Gasteiger partial charge is 0.465 e. The molecule has 1 N–H and O–H groups in total. The lowest BCUT2D eigenvalue weighted by Crippen LogP contribution is -2.40. The maximum absolute atomic E-state index is 11.7. The number of rotatable bonds is 8. The van der Waals surface area contributed by atoms with Crippen molar-refractivity contribution in [3.05, 3.63) is 0 Å². The molecule has 1 rings (SSSR count). The quantitative estimate of drug-likeness (QED) is 0.665. The van der Waals surface area contributed by atoms with Gasteiger partial charge in [0.2, 0.25) is 0 Å². The van der Waals surface area contributed by atoms with Crippen LogP contribution < -0.4 is 5.32 Å². The Kier molecular flexibility index (Phi) is 6.21. The highest BCUT2D eigenvalue weighted by molar-refractivity contribution is 7.99. The first-order valence-electron chi connectivity index (χ1n) is 6.17. The fraction of sp³-hybridized carbons (Fsp3) is 0.917. The summed E-state index contributed by atoms with van der Waals surface area (Å²) >= 11 is 1.89. The van der Waals surface area contributed by atoms with E-state index in [0.29, 0.717) is 17.9 Å². The Morgan fingerprint density at radius 3 is 2.69 bits per heavy atom. The zero-order valence-electron chi connectivity index (χ0n) is 10.5. The minimum absolute atomic E-state index is 0.0845. The van der Waals surface area contributed by atoms with Crippen LogP contribution in [0.25, 0.3) is 0 Å². The zero-order valence-corrected chi connectivity index (χ0v) is 11.3. The van der Waals surface area contributed by atoms with Gasteiger partial charge in [0.1, 0.15) is 6.04 Å². The molecule has 4 heteroatoms. The number of nitrogens with one attached hydrogen (secondary N) is 1. The van der Waals surface area contributed by atoms with Crippen molar-refractivity contribution in [1.82, 2.24) is 5.32 Å². The van der Waals surface area contributed by atoms with Gasteiger partial charge in [0.15, 0.2) is 0 Å². The van der Waals surface area contributed by atoms with Crippen LogP contribution in [0.4, 0.5) is 0 Å². The Morgan fingerprint density at radius 1 is 1.50 bits per heavy atom. The number of esters is 1. The predicted octanol–water partition coefficient (Wildman–Crippen LogP) is 2.20. The zero-order chi connectivity index (χ0) is 12.0. The Bertz CT molecular complexity index is 217. The molecule has 1 saturated carbocycles. The summed E-state index contributed by atoms with van der Waals surface area (Å²) in [6.07, 6.45) is 3.28. The normalized spacial score (nSPS) is 17.5. The summed E-state index contributed by atoms with van der Waals surface area (Å²) in [5.41, 5.74) is 0. The second-order valence-corrected chi connectivity index (χ2v) is 6.14. The molecule has 1 aliphatic carbocycles. The summed E-state index contributed by atoms with van der Waals surface area (Å²) in [5.74, 6) is 0.930. The lowest BCUT2D eigenvalue weighted by Gasteiger charge is -2.17. The van der Waals surface area contributed by atoms with Gasteiger partial charge < -0.3 is 10.1 Å². The van der Waals surface area contributed by atoms with E-state index in [-0.39, 0.29) is 12.0 Å². The average molecular weight is 245 g/mol. The number of ether oxygens (including phenoxy) is 1. The maximum Gasteiger partial charge on any atom is 0.323 e. The molecule has 0 heterocycles. The molecule has 0 aromatic rings. The van der Waals surface area contributed by atoms with E-state index >= 15 is 0 Å². The lowest BCUT2D eigenvalue weighted by molar-refractivity contribution is -0.145. The monoisotopic (exact) mass is 245 g/mol. The third-order valence-electron chi connectivity index (χ3n) is 2.44. The van der Waals surface area contributed by atoms with Crippen LogP contribution in [0.5, 0.6) is 0 Å². The van der Waals surface area contributed by atoms with Gasteiger partial charge in [-0.15, -0.1) is 0 Å². The summed E-state index contributed by atoms with van der Waals surface area (Å²) in [6.45, 7) is 6.69. The van der Waals surface area contributed by atoms with E-state index in [1.807, 2.05) is 18.7 Å². The Morgan fingerprint density at radius 2 is 2.19 bits per heavy atom. The number of carbonyl (C=O) groups is 1. The van der Waals surface area contributed by atoms with Gasteiger partial charge in [0, 0.05) is 6.04 Å². The Hall–Kier alpha value is -0.220. The van der Waals surface area contributed by atoms with Crippen molar-refractivity contribution in [2.75, 3.05) is 12.4 Å². The fourth-order valence-electron chi connectivity index (χ4n) is 1.47. The minimum Gasteiger partial charge on any atom is -0.465 e. The first-order chi connectivity index (χ1) is 7.63. The third-order valence-corrected chi connectivity index (χ3v) is 3.58. The number of hydrogen-bond donors (Lipinski definition) is 1. The highest BCUT2D eigenvalue weighted by Crippen LogP contribution is 2.21. The van der Waals surface area contributed by atoms with E-state index in [2.05, 4.69) is 19.2 Å². The van der Waals surface area contributed by atoms with E-state index in [1.165, 1.54) is 12.8 Å². The molecule has 0 radical (unpaired) electrons. The van der Waals surface area contributed by atoms with E-state index < -0.39 is 0 Å². The maximum atomic E-state index is 11.7. The molecule has 3 nitrogen and oxygen atoms in total. The number of hydrogen-bond acceptors (Lipinski definition) is 4. The van der Waals surface area contributed by atoms with Crippen molar-refractivity contribution < 1.29 is 9.53 Å². The van der Waals surface area contributed by atoms with Gasteiger partial charge in [0.25, 0.3) is 0 Å². The van der Waals surface area contributed by atoms with Crippen molar-refractivity contribution in [3.8, 4) is 0 Å². The molecule has 0 aliphatic heterocycles. The fourth-order valence-corrected chi connectivity index (χ4v) is 2.31. The van der Waals surface area contributed by atoms with Gasteiger partial charge in [0.05, 0.1) is 6.61 Å². The van der Waals surface area contributed by atoms with Crippen molar-refractivity contribution in [1.29, 1.82) is 0 Å². The topological polar surface area (TPSA) is 38.3 Å². The van der Waals surface area contributed by atoms with Crippen molar-refractivity contribution in [3.63, 3.8) is 0 Å². The molecule has 1 aliphatic rings. The van der Waals surface area contributed by atoms with Gasteiger partial charge >= 0.3 is 5.97 Å². The third kappa shape index (κ3) is 5.75. The van der Waals surface area contributed by atoms with E-state index in [4.69, 9.17) is 4.74 Å². The summed E-state index contributed by atoms with van der Waals surface area (Å²) in [5, 5.41) is 3.99. The van der Waals surface area contributed by atoms with Crippen LogP contribution in [-0.2, 0) is 9.53 Å². The molecule has 0 aromatic heterocycles. The van der Waals surface area contributed by atoms with Gasteiger partial charge in [-0.1, -0.05) is 13.8 Å². The molecule has 0 spiro atoms. The standard InChI is InChI=1S/C12H23NO2S/c1-4-15-12(14)11(13-10-5-6-10)7-8-16-9(2)3/h9-11,13H,4-8H2,1-3H3. The second-order valence-electron chi connectivity index (χ2n) is 4.45. The van der Waals surface area contributed by atoms with Crippen molar-refractivity contribution in [2.45, 2.75) is 57.4 Å². The van der Waals surface area contributed by atoms with Crippen LogP contribution in [-0.4, -0.2) is 35.7 Å². The summed E-state index contributed by atoms with van der Waals surface area (Å²) in [4.78, 5) is 11.7. The van der Waals surface area contributed by atoms with Gasteiger partial charge in [-0.25, -0.2) is 0 Å². The molecule has 0 bridgehead atoms. The van der Waals surface area contributed by atoms with Crippen LogP contribution in [0.1, 0.15) is 40.0 Å².